The molecule has 0 atom stereocenters. The first-order chi connectivity index (χ1) is 19.2. The lowest BCUT2D eigenvalue weighted by Crippen LogP contribution is -2.18. The van der Waals surface area contributed by atoms with Crippen LogP contribution in [0.3, 0.4) is 0 Å². The molecule has 0 aliphatic rings. The van der Waals surface area contributed by atoms with Crippen LogP contribution in [0.4, 0.5) is 24.1 Å². The summed E-state index contributed by atoms with van der Waals surface area (Å²) in [4.78, 5) is 32.4. The zero-order valence-corrected chi connectivity index (χ0v) is 21.7. The molecule has 0 saturated carbocycles. The molecule has 0 aliphatic carbocycles. The number of rotatable bonds is 12. The molecular formula is C25H23F3N8O3S. The van der Waals surface area contributed by atoms with Crippen LogP contribution in [-0.4, -0.2) is 48.5 Å². The maximum atomic E-state index is 12.4. The molecule has 0 fully saturated rings. The number of nitrogens with zero attached hydrogens (tertiary/aromatic N) is 6. The fraction of sp³-hybridized carbons (Fsp3) is 0.280. The minimum absolute atomic E-state index is 0.0981. The van der Waals surface area contributed by atoms with Crippen LogP contribution in [0.15, 0.2) is 55.0 Å². The number of hydrogen-bond acceptors (Lipinski definition) is 10. The zero-order valence-electron chi connectivity index (χ0n) is 20.9. The Hall–Kier alpha value is -4.53. The maximum Gasteiger partial charge on any atom is 0.573 e. The third kappa shape index (κ3) is 9.65. The number of aromatic nitrogens is 6. The summed E-state index contributed by atoms with van der Waals surface area (Å²) in [5.74, 6) is -0.854. The SMILES string of the molecule is O=C(Cc1cccc(OC(F)(F)F)c1)Nc1ccc(CCCCc2nnc(NC(=O)Cc3cnccn3)s2)nn1. The Labute approximate surface area is 230 Å². The van der Waals surface area contributed by atoms with Crippen molar-refractivity contribution in [2.45, 2.75) is 44.9 Å². The van der Waals surface area contributed by atoms with Crippen LogP contribution in [0.5, 0.6) is 5.75 Å². The van der Waals surface area contributed by atoms with Gasteiger partial charge < -0.3 is 15.4 Å². The van der Waals surface area contributed by atoms with Gasteiger partial charge in [-0.25, -0.2) is 0 Å². The van der Waals surface area contributed by atoms with Crippen LogP contribution in [-0.2, 0) is 35.3 Å². The molecule has 1 aromatic carbocycles. The van der Waals surface area contributed by atoms with Crippen molar-refractivity contribution >= 4 is 34.1 Å². The molecule has 0 spiro atoms. The summed E-state index contributed by atoms with van der Waals surface area (Å²) in [7, 11) is 0. The number of hydrogen-bond donors (Lipinski definition) is 2. The monoisotopic (exact) mass is 572 g/mol. The zero-order chi connectivity index (χ0) is 28.4. The molecule has 0 radical (unpaired) electrons. The minimum Gasteiger partial charge on any atom is -0.406 e. The van der Waals surface area contributed by atoms with Crippen molar-refractivity contribution in [2.24, 2.45) is 0 Å². The van der Waals surface area contributed by atoms with Gasteiger partial charge in [-0.05, 0) is 49.1 Å². The van der Waals surface area contributed by atoms with Crippen LogP contribution < -0.4 is 15.4 Å². The topological polar surface area (TPSA) is 145 Å². The third-order valence-electron chi connectivity index (χ3n) is 5.23. The van der Waals surface area contributed by atoms with E-state index in [1.54, 1.807) is 12.1 Å². The lowest BCUT2D eigenvalue weighted by molar-refractivity contribution is -0.274. The normalized spacial score (nSPS) is 11.2. The van der Waals surface area contributed by atoms with Gasteiger partial charge in [-0.1, -0.05) is 23.5 Å². The quantitative estimate of drug-likeness (QED) is 0.241. The van der Waals surface area contributed by atoms with Crippen molar-refractivity contribution in [1.29, 1.82) is 0 Å². The van der Waals surface area contributed by atoms with E-state index < -0.39 is 18.0 Å². The van der Waals surface area contributed by atoms with Crippen LogP contribution in [0.25, 0.3) is 0 Å². The van der Waals surface area contributed by atoms with Gasteiger partial charge in [-0.15, -0.1) is 28.5 Å². The molecule has 0 saturated heterocycles. The lowest BCUT2D eigenvalue weighted by Gasteiger charge is -2.10. The molecule has 0 bridgehead atoms. The number of amides is 2. The molecule has 2 N–H and O–H groups in total. The van der Waals surface area contributed by atoms with E-state index in [0.717, 1.165) is 35.7 Å². The van der Waals surface area contributed by atoms with E-state index in [-0.39, 0.29) is 24.6 Å². The van der Waals surface area contributed by atoms with E-state index in [9.17, 15) is 22.8 Å². The van der Waals surface area contributed by atoms with E-state index in [4.69, 9.17) is 0 Å². The van der Waals surface area contributed by atoms with Crippen LogP contribution in [0, 0.1) is 0 Å². The van der Waals surface area contributed by atoms with E-state index >= 15 is 0 Å². The van der Waals surface area contributed by atoms with Gasteiger partial charge in [0.1, 0.15) is 10.8 Å². The summed E-state index contributed by atoms with van der Waals surface area (Å²) in [6.45, 7) is 0. The molecule has 40 heavy (non-hydrogen) atoms. The van der Waals surface area contributed by atoms with Gasteiger partial charge in [-0.3, -0.25) is 19.6 Å². The summed E-state index contributed by atoms with van der Waals surface area (Å²) in [6.07, 6.45) is 2.71. The highest BCUT2D eigenvalue weighted by Gasteiger charge is 2.31. The van der Waals surface area contributed by atoms with Crippen molar-refractivity contribution in [3.63, 3.8) is 0 Å². The highest BCUT2D eigenvalue weighted by atomic mass is 32.1. The highest BCUT2D eigenvalue weighted by Crippen LogP contribution is 2.23. The van der Waals surface area contributed by atoms with Crippen LogP contribution >= 0.6 is 11.3 Å². The Kier molecular flexibility index (Phi) is 9.62. The smallest absolute Gasteiger partial charge is 0.406 e. The van der Waals surface area contributed by atoms with E-state index in [1.807, 2.05) is 0 Å². The largest absolute Gasteiger partial charge is 0.573 e. The molecule has 0 aliphatic heterocycles. The van der Waals surface area contributed by atoms with Gasteiger partial charge in [0.15, 0.2) is 5.82 Å². The molecule has 3 aromatic heterocycles. The first-order valence-corrected chi connectivity index (χ1v) is 12.9. The Morgan fingerprint density at radius 2 is 1.70 bits per heavy atom. The number of carbonyl (C=O) groups is 2. The Morgan fingerprint density at radius 3 is 2.45 bits per heavy atom. The van der Waals surface area contributed by atoms with Gasteiger partial charge in [0.2, 0.25) is 16.9 Å². The molecule has 0 unspecified atom stereocenters. The number of anilines is 2. The second-order valence-electron chi connectivity index (χ2n) is 8.46. The number of aryl methyl sites for hydroxylation is 2. The minimum atomic E-state index is -4.81. The summed E-state index contributed by atoms with van der Waals surface area (Å²) < 4.78 is 41.0. The molecule has 15 heteroatoms. The highest BCUT2D eigenvalue weighted by molar-refractivity contribution is 7.15. The van der Waals surface area contributed by atoms with Gasteiger partial charge >= 0.3 is 6.36 Å². The van der Waals surface area contributed by atoms with Gasteiger partial charge in [0, 0.05) is 25.0 Å². The van der Waals surface area contributed by atoms with E-state index in [2.05, 4.69) is 45.7 Å². The average molecular weight is 573 g/mol. The first-order valence-electron chi connectivity index (χ1n) is 12.1. The second kappa shape index (κ2) is 13.5. The Balaban J connectivity index is 1.15. The molecule has 2 amide bonds. The predicted molar refractivity (Wildman–Crippen MR) is 138 cm³/mol. The first kappa shape index (κ1) is 28.5. The molecule has 3 heterocycles. The van der Waals surface area contributed by atoms with Crippen LogP contribution in [0.1, 0.15) is 34.8 Å². The Morgan fingerprint density at radius 1 is 0.875 bits per heavy atom. The fourth-order valence-corrected chi connectivity index (χ4v) is 4.32. The van der Waals surface area contributed by atoms with Gasteiger partial charge in [-0.2, -0.15) is 5.10 Å². The predicted octanol–water partition coefficient (Wildman–Crippen LogP) is 3.94. The van der Waals surface area contributed by atoms with Crippen molar-refractivity contribution in [1.82, 2.24) is 30.4 Å². The number of alkyl halides is 3. The van der Waals surface area contributed by atoms with E-state index in [1.165, 1.54) is 42.1 Å². The molecule has 11 nitrogen and oxygen atoms in total. The van der Waals surface area contributed by atoms with Gasteiger partial charge in [0.05, 0.1) is 24.2 Å². The summed E-state index contributed by atoms with van der Waals surface area (Å²) in [5.41, 5.74) is 1.66. The molecule has 208 valence electrons. The number of benzene rings is 1. The Bertz CT molecular complexity index is 1420. The standard InChI is InChI=1S/C25H23F3N8O3S/c26-25(27,28)39-19-6-3-4-16(12-19)13-21(37)31-20-9-8-17(33-34-20)5-1-2-7-23-35-36-24(40-23)32-22(38)14-18-15-29-10-11-30-18/h3-4,6,8-12,15H,1-2,5,7,13-14H2,(H,31,34,37)(H,32,36,38). The van der Waals surface area contributed by atoms with Crippen molar-refractivity contribution in [3.05, 3.63) is 76.9 Å². The molecule has 4 rings (SSSR count). The number of carbonyl (C=O) groups excluding carboxylic acids is 2. The lowest BCUT2D eigenvalue weighted by atomic mass is 10.1. The molecular weight excluding hydrogens is 549 g/mol. The van der Waals surface area contributed by atoms with Crippen molar-refractivity contribution < 1.29 is 27.5 Å². The van der Waals surface area contributed by atoms with Crippen molar-refractivity contribution in [3.8, 4) is 5.75 Å². The fourth-order valence-electron chi connectivity index (χ4n) is 3.52. The number of nitrogens with one attached hydrogen (secondary N) is 2. The summed E-state index contributed by atoms with van der Waals surface area (Å²) in [5, 5.41) is 22.7. The number of ether oxygens (including phenoxy) is 1. The second-order valence-corrected chi connectivity index (χ2v) is 9.52. The summed E-state index contributed by atoms with van der Waals surface area (Å²) >= 11 is 1.31. The van der Waals surface area contributed by atoms with Crippen molar-refractivity contribution in [2.75, 3.05) is 10.6 Å². The summed E-state index contributed by atoms with van der Waals surface area (Å²) in [6, 6.07) is 8.58. The van der Waals surface area contributed by atoms with Crippen LogP contribution in [0.2, 0.25) is 0 Å². The maximum absolute atomic E-state index is 12.4. The van der Waals surface area contributed by atoms with E-state index in [0.29, 0.717) is 29.2 Å². The average Bonchev–Trinajstić information content (AvgIpc) is 3.34. The third-order valence-corrected chi connectivity index (χ3v) is 6.13. The number of unbranched alkanes of at least 4 members (excludes halogenated alkanes) is 1. The van der Waals surface area contributed by atoms with Gasteiger partial charge in [0.25, 0.3) is 0 Å². The number of halogens is 3. The molecule has 4 aromatic rings.